The molecule has 2 atom stereocenters. The van der Waals surface area contributed by atoms with Gasteiger partial charge in [0.1, 0.15) is 6.04 Å². The third-order valence-electron chi connectivity index (χ3n) is 0.663. The van der Waals surface area contributed by atoms with Gasteiger partial charge >= 0.3 is 14.0 Å². The van der Waals surface area contributed by atoms with E-state index >= 15 is 0 Å². The van der Waals surface area contributed by atoms with Gasteiger partial charge in [0.25, 0.3) is 0 Å². The molecule has 1 unspecified atom stereocenters. The molecule has 0 bridgehead atoms. The second-order valence-corrected chi connectivity index (χ2v) is 2.49. The van der Waals surface area contributed by atoms with E-state index in [2.05, 4.69) is 0 Å². The van der Waals surface area contributed by atoms with Crippen LogP contribution < -0.4 is 10.6 Å². The first-order valence-corrected chi connectivity index (χ1v) is 3.50. The van der Waals surface area contributed by atoms with E-state index in [0.29, 0.717) is 0 Å². The van der Waals surface area contributed by atoms with Crippen LogP contribution in [0, 0.1) is 0 Å². The van der Waals surface area contributed by atoms with Gasteiger partial charge in [-0.3, -0.25) is 4.79 Å². The molecule has 52 valence electrons. The Kier molecular flexibility index (Phi) is 3.30. The maximum Gasteiger partial charge on any atom is 0.324 e. The average Bonchev–Trinajstić information content (AvgIpc) is 1.63. The van der Waals surface area contributed by atoms with Crippen LogP contribution in [0.5, 0.6) is 0 Å². The van der Waals surface area contributed by atoms with E-state index < -0.39 is 26.2 Å². The number of nitrogens with two attached hydrogens (primary N) is 1. The summed E-state index contributed by atoms with van der Waals surface area (Å²) in [6.45, 7) is 0. The van der Waals surface area contributed by atoms with Crippen molar-refractivity contribution in [3.05, 3.63) is 0 Å². The zero-order valence-electron chi connectivity index (χ0n) is 4.48. The van der Waals surface area contributed by atoms with Crippen molar-refractivity contribution in [2.24, 2.45) is 5.73 Å². The molecule has 0 saturated heterocycles. The molecule has 0 spiro atoms. The fourth-order valence-electron chi connectivity index (χ4n) is 0.239. The SMILES string of the molecule is N[C@H](C[P+](=O)[O-])C(=O)O. The highest BCUT2D eigenvalue weighted by atomic mass is 31.1. The summed E-state index contributed by atoms with van der Waals surface area (Å²) < 4.78 is 9.81. The highest BCUT2D eigenvalue weighted by Gasteiger charge is 2.17. The van der Waals surface area contributed by atoms with Crippen LogP contribution in [0.2, 0.25) is 0 Å². The maximum atomic E-state index is 9.84. The third kappa shape index (κ3) is 4.02. The molecule has 0 aromatic carbocycles. The van der Waals surface area contributed by atoms with E-state index in [0.717, 1.165) is 0 Å². The monoisotopic (exact) mass is 151 g/mol. The molecule has 0 rings (SSSR count). The van der Waals surface area contributed by atoms with E-state index in [1.165, 1.54) is 0 Å². The average molecular weight is 151 g/mol. The predicted molar refractivity (Wildman–Crippen MR) is 28.1 cm³/mol. The Hall–Kier alpha value is -0.510. The van der Waals surface area contributed by atoms with Gasteiger partial charge in [0.2, 0.25) is 0 Å². The normalized spacial score (nSPS) is 14.7. The predicted octanol–water partition coefficient (Wildman–Crippen LogP) is -1.50. The number of hydrogen-bond donors (Lipinski definition) is 2. The summed E-state index contributed by atoms with van der Waals surface area (Å²) in [6, 6.07) is -1.29. The van der Waals surface area contributed by atoms with Crippen LogP contribution >= 0.6 is 8.03 Å². The first-order valence-electron chi connectivity index (χ1n) is 2.14. The Morgan fingerprint density at radius 3 is 2.44 bits per heavy atom. The van der Waals surface area contributed by atoms with Gasteiger partial charge in [-0.2, -0.15) is 0 Å². The zero-order chi connectivity index (χ0) is 7.44. The molecule has 0 aliphatic carbocycles. The van der Waals surface area contributed by atoms with E-state index in [9.17, 15) is 14.3 Å². The van der Waals surface area contributed by atoms with Crippen molar-refractivity contribution in [3.63, 3.8) is 0 Å². The summed E-state index contributed by atoms with van der Waals surface area (Å²) in [7, 11) is -2.68. The smallest absolute Gasteiger partial charge is 0.324 e. The van der Waals surface area contributed by atoms with E-state index in [-0.39, 0.29) is 0 Å². The number of carboxylic acids is 1. The summed E-state index contributed by atoms with van der Waals surface area (Å²) in [5, 5.41) is 8.04. The number of carboxylic acid groups (broad SMARTS) is 1. The summed E-state index contributed by atoms with van der Waals surface area (Å²) in [5.41, 5.74) is 4.83. The molecule has 9 heavy (non-hydrogen) atoms. The lowest BCUT2D eigenvalue weighted by Gasteiger charge is -1.96. The second-order valence-electron chi connectivity index (χ2n) is 1.46. The van der Waals surface area contributed by atoms with Crippen LogP contribution in [0.4, 0.5) is 0 Å². The fraction of sp³-hybridized carbons (Fsp3) is 0.667. The Morgan fingerprint density at radius 2 is 2.33 bits per heavy atom. The van der Waals surface area contributed by atoms with Crippen molar-refractivity contribution < 1.29 is 19.4 Å². The molecule has 0 aromatic heterocycles. The van der Waals surface area contributed by atoms with Crippen LogP contribution in [-0.2, 0) is 9.36 Å². The van der Waals surface area contributed by atoms with Gasteiger partial charge in [-0.15, -0.1) is 0 Å². The van der Waals surface area contributed by atoms with Crippen molar-refractivity contribution in [3.8, 4) is 0 Å². The highest BCUT2D eigenvalue weighted by Crippen LogP contribution is 2.06. The van der Waals surface area contributed by atoms with Gasteiger partial charge < -0.3 is 15.7 Å². The van der Waals surface area contributed by atoms with Gasteiger partial charge in [-0.1, -0.05) is 4.57 Å². The maximum absolute atomic E-state index is 9.84. The Morgan fingerprint density at radius 1 is 1.89 bits per heavy atom. The Labute approximate surface area is 52.4 Å². The fourth-order valence-corrected chi connectivity index (χ4v) is 0.716. The quantitative estimate of drug-likeness (QED) is 0.477. The lowest BCUT2D eigenvalue weighted by atomic mass is 10.4. The van der Waals surface area contributed by atoms with Crippen LogP contribution in [-0.4, -0.2) is 23.3 Å². The standard InChI is InChI=1S/C3H6NO4P/c4-2(3(5)6)1-9(7)8/h2H,1,4H2,(H,5,6)/t2-/m1/s1. The molecule has 0 saturated carbocycles. The molecule has 6 heteroatoms. The zero-order valence-corrected chi connectivity index (χ0v) is 5.38. The summed E-state index contributed by atoms with van der Waals surface area (Å²) in [5.74, 6) is -1.30. The minimum atomic E-state index is -2.68. The van der Waals surface area contributed by atoms with Crippen molar-refractivity contribution in [1.82, 2.24) is 0 Å². The van der Waals surface area contributed by atoms with Gasteiger partial charge in [-0.25, -0.2) is 0 Å². The highest BCUT2D eigenvalue weighted by molar-refractivity contribution is 7.36. The molecule has 0 amide bonds. The minimum Gasteiger partial charge on any atom is -0.595 e. The molecule has 0 heterocycles. The van der Waals surface area contributed by atoms with Crippen LogP contribution in [0.15, 0.2) is 0 Å². The molecular weight excluding hydrogens is 145 g/mol. The molecule has 0 radical (unpaired) electrons. The van der Waals surface area contributed by atoms with E-state index in [1.54, 1.807) is 0 Å². The summed E-state index contributed by atoms with van der Waals surface area (Å²) >= 11 is 0. The molecule has 5 nitrogen and oxygen atoms in total. The van der Waals surface area contributed by atoms with E-state index in [4.69, 9.17) is 10.8 Å². The molecule has 0 aliphatic rings. The summed E-state index contributed by atoms with van der Waals surface area (Å²) in [6.07, 6.45) is -0.495. The van der Waals surface area contributed by atoms with Gasteiger partial charge in [0.05, 0.1) is 0 Å². The van der Waals surface area contributed by atoms with Crippen molar-refractivity contribution in [2.45, 2.75) is 6.04 Å². The second kappa shape index (κ2) is 3.50. The molecule has 3 N–H and O–H groups in total. The molecule has 0 aliphatic heterocycles. The van der Waals surface area contributed by atoms with Crippen LogP contribution in [0.3, 0.4) is 0 Å². The van der Waals surface area contributed by atoms with E-state index in [1.807, 2.05) is 0 Å². The largest absolute Gasteiger partial charge is 0.595 e. The number of aliphatic carboxylic acids is 1. The van der Waals surface area contributed by atoms with Crippen LogP contribution in [0.25, 0.3) is 0 Å². The first kappa shape index (κ1) is 8.49. The van der Waals surface area contributed by atoms with Gasteiger partial charge in [-0.05, 0) is 0 Å². The van der Waals surface area contributed by atoms with Crippen LogP contribution in [0.1, 0.15) is 0 Å². The van der Waals surface area contributed by atoms with Crippen molar-refractivity contribution in [1.29, 1.82) is 0 Å². The van der Waals surface area contributed by atoms with Crippen molar-refractivity contribution >= 4 is 14.0 Å². The Balaban J connectivity index is 3.63. The minimum absolute atomic E-state index is 0.495. The third-order valence-corrected chi connectivity index (χ3v) is 1.35. The van der Waals surface area contributed by atoms with Gasteiger partial charge in [0, 0.05) is 0 Å². The Bertz CT molecular complexity index is 136. The number of hydrogen-bond acceptors (Lipinski definition) is 4. The van der Waals surface area contributed by atoms with Crippen molar-refractivity contribution in [2.75, 3.05) is 6.16 Å². The molecule has 0 aromatic rings. The topological polar surface area (TPSA) is 103 Å². The first-order chi connectivity index (χ1) is 4.04. The van der Waals surface area contributed by atoms with Gasteiger partial charge in [0.15, 0.2) is 6.16 Å². The number of carbonyl (C=O) groups is 1. The number of rotatable bonds is 3. The summed E-state index contributed by atoms with van der Waals surface area (Å²) in [4.78, 5) is 19.7. The molecule has 0 fully saturated rings. The molecular formula is C3H6NO4P. The lowest BCUT2D eigenvalue weighted by molar-refractivity contribution is -0.165. The lowest BCUT2D eigenvalue weighted by Crippen LogP contribution is -2.33.